The molecule has 1 aliphatic rings. The minimum Gasteiger partial charge on any atom is -0.490 e. The molecule has 1 aliphatic carbocycles. The summed E-state index contributed by atoms with van der Waals surface area (Å²) in [6.07, 6.45) is 5.85. The lowest BCUT2D eigenvalue weighted by Crippen LogP contribution is -2.18. The van der Waals surface area contributed by atoms with E-state index in [4.69, 9.17) is 4.74 Å². The van der Waals surface area contributed by atoms with Crippen molar-refractivity contribution in [2.75, 3.05) is 12.4 Å². The Kier molecular flexibility index (Phi) is 6.70. The van der Waals surface area contributed by atoms with Gasteiger partial charge in [-0.05, 0) is 81.1 Å². The third kappa shape index (κ3) is 5.56. The minimum atomic E-state index is -3.44. The van der Waals surface area contributed by atoms with Crippen molar-refractivity contribution < 1.29 is 17.9 Å². The molecule has 0 saturated heterocycles. The molecule has 2 aromatic carbocycles. The molecule has 2 N–H and O–H groups in total. The van der Waals surface area contributed by atoms with Crippen LogP contribution in [0.3, 0.4) is 0 Å². The first-order valence-electron chi connectivity index (χ1n) is 9.55. The van der Waals surface area contributed by atoms with E-state index in [0.717, 1.165) is 29.8 Å². The van der Waals surface area contributed by atoms with Crippen molar-refractivity contribution >= 4 is 21.6 Å². The van der Waals surface area contributed by atoms with Gasteiger partial charge in [0.2, 0.25) is 15.9 Å². The van der Waals surface area contributed by atoms with Crippen molar-refractivity contribution in [3.05, 3.63) is 54.1 Å². The summed E-state index contributed by atoms with van der Waals surface area (Å²) in [5, 5.41) is 2.88. The smallest absolute Gasteiger partial charge is 0.240 e. The number of nitrogens with one attached hydrogen (secondary N) is 2. The highest BCUT2D eigenvalue weighted by Gasteiger charge is 2.16. The second-order valence-corrected chi connectivity index (χ2v) is 8.83. The molecule has 1 fully saturated rings. The summed E-state index contributed by atoms with van der Waals surface area (Å²) >= 11 is 0. The van der Waals surface area contributed by atoms with Gasteiger partial charge in [-0.2, -0.15) is 0 Å². The van der Waals surface area contributed by atoms with Crippen LogP contribution in [0.5, 0.6) is 5.75 Å². The van der Waals surface area contributed by atoms with Crippen LogP contribution in [0.2, 0.25) is 0 Å². The van der Waals surface area contributed by atoms with Crippen LogP contribution in [0, 0.1) is 0 Å². The molecule has 0 unspecified atom stereocenters. The zero-order valence-corrected chi connectivity index (χ0v) is 16.8. The van der Waals surface area contributed by atoms with E-state index in [1.54, 1.807) is 24.3 Å². The summed E-state index contributed by atoms with van der Waals surface area (Å²) in [5.41, 5.74) is 1.64. The van der Waals surface area contributed by atoms with Crippen LogP contribution < -0.4 is 14.8 Å². The van der Waals surface area contributed by atoms with Crippen molar-refractivity contribution in [2.24, 2.45) is 0 Å². The van der Waals surface area contributed by atoms with Gasteiger partial charge in [0.15, 0.2) is 0 Å². The fourth-order valence-corrected chi connectivity index (χ4v) is 3.98. The van der Waals surface area contributed by atoms with Gasteiger partial charge in [-0.3, -0.25) is 4.79 Å². The molecule has 0 radical (unpaired) electrons. The largest absolute Gasteiger partial charge is 0.490 e. The molecule has 0 atom stereocenters. The van der Waals surface area contributed by atoms with Crippen LogP contribution >= 0.6 is 0 Å². The van der Waals surface area contributed by atoms with E-state index in [-0.39, 0.29) is 10.8 Å². The Morgan fingerprint density at radius 1 is 1.04 bits per heavy atom. The van der Waals surface area contributed by atoms with Crippen molar-refractivity contribution in [2.45, 2.75) is 49.5 Å². The quantitative estimate of drug-likeness (QED) is 0.708. The summed E-state index contributed by atoms with van der Waals surface area (Å²) in [5.74, 6) is 0.748. The van der Waals surface area contributed by atoms with E-state index in [1.165, 1.54) is 19.9 Å². The first-order valence-corrected chi connectivity index (χ1v) is 11.0. The maximum atomic E-state index is 12.2. The van der Waals surface area contributed by atoms with E-state index >= 15 is 0 Å². The highest BCUT2D eigenvalue weighted by molar-refractivity contribution is 7.89. The predicted octanol–water partition coefficient (Wildman–Crippen LogP) is 3.49. The Morgan fingerprint density at radius 3 is 2.29 bits per heavy atom. The summed E-state index contributed by atoms with van der Waals surface area (Å²) < 4.78 is 31.6. The lowest BCUT2D eigenvalue weighted by molar-refractivity contribution is -0.116. The van der Waals surface area contributed by atoms with Crippen LogP contribution in [0.25, 0.3) is 0 Å². The Hall–Kier alpha value is -2.38. The summed E-state index contributed by atoms with van der Waals surface area (Å²) in [6.45, 7) is 0. The summed E-state index contributed by atoms with van der Waals surface area (Å²) in [7, 11) is -2.06. The number of amides is 1. The number of sulfonamides is 1. The molecule has 0 aromatic heterocycles. The van der Waals surface area contributed by atoms with Gasteiger partial charge in [0.05, 0.1) is 11.0 Å². The molecule has 1 saturated carbocycles. The van der Waals surface area contributed by atoms with Crippen LogP contribution in [-0.2, 0) is 21.2 Å². The number of ether oxygens (including phenoxy) is 1. The molecule has 28 heavy (non-hydrogen) atoms. The van der Waals surface area contributed by atoms with Gasteiger partial charge in [-0.25, -0.2) is 13.1 Å². The van der Waals surface area contributed by atoms with Gasteiger partial charge in [0, 0.05) is 12.1 Å². The maximum absolute atomic E-state index is 12.2. The first kappa shape index (κ1) is 20.4. The number of aryl methyl sites for hydroxylation is 1. The number of carbonyl (C=O) groups excluding carboxylic acids is 1. The van der Waals surface area contributed by atoms with E-state index in [9.17, 15) is 13.2 Å². The lowest BCUT2D eigenvalue weighted by Gasteiger charge is -2.13. The Balaban J connectivity index is 1.47. The SMILES string of the molecule is CNS(=O)(=O)c1ccc(CCC(=O)Nc2ccc(OC3CCCC3)cc2)cc1. The molecule has 0 aliphatic heterocycles. The molecule has 6 nitrogen and oxygen atoms in total. The Morgan fingerprint density at radius 2 is 1.68 bits per heavy atom. The molecule has 1 amide bonds. The van der Waals surface area contributed by atoms with Crippen LogP contribution in [0.1, 0.15) is 37.7 Å². The standard InChI is InChI=1S/C21H26N2O4S/c1-22-28(25,26)20-13-6-16(7-14-20)8-15-21(24)23-17-9-11-19(12-10-17)27-18-4-2-3-5-18/h6-7,9-14,18,22H,2-5,8,15H2,1H3,(H,23,24). The normalized spacial score (nSPS) is 14.8. The number of anilines is 1. The number of rotatable bonds is 8. The lowest BCUT2D eigenvalue weighted by atomic mass is 10.1. The monoisotopic (exact) mass is 402 g/mol. The van der Waals surface area contributed by atoms with Gasteiger partial charge in [-0.15, -0.1) is 0 Å². The summed E-state index contributed by atoms with van der Waals surface area (Å²) in [6, 6.07) is 14.0. The molecular formula is C21H26N2O4S. The van der Waals surface area contributed by atoms with Crippen molar-refractivity contribution in [1.29, 1.82) is 0 Å². The second-order valence-electron chi connectivity index (χ2n) is 6.95. The van der Waals surface area contributed by atoms with Crippen molar-refractivity contribution in [1.82, 2.24) is 4.72 Å². The number of hydrogen-bond donors (Lipinski definition) is 2. The molecule has 2 aromatic rings. The second kappa shape index (κ2) is 9.21. The zero-order chi connectivity index (χ0) is 20.0. The summed E-state index contributed by atoms with van der Waals surface area (Å²) in [4.78, 5) is 12.4. The molecule has 0 heterocycles. The van der Waals surface area contributed by atoms with Gasteiger partial charge < -0.3 is 10.1 Å². The topological polar surface area (TPSA) is 84.5 Å². The molecule has 0 spiro atoms. The van der Waals surface area contributed by atoms with Crippen LogP contribution in [-0.4, -0.2) is 27.5 Å². The van der Waals surface area contributed by atoms with E-state index in [1.807, 2.05) is 24.3 Å². The molecule has 0 bridgehead atoms. The fraction of sp³-hybridized carbons (Fsp3) is 0.381. The predicted molar refractivity (Wildman–Crippen MR) is 109 cm³/mol. The van der Waals surface area contributed by atoms with Gasteiger partial charge >= 0.3 is 0 Å². The van der Waals surface area contributed by atoms with E-state index in [0.29, 0.717) is 18.9 Å². The molecule has 150 valence electrons. The fourth-order valence-electron chi connectivity index (χ4n) is 3.25. The minimum absolute atomic E-state index is 0.0867. The highest BCUT2D eigenvalue weighted by atomic mass is 32.2. The van der Waals surface area contributed by atoms with Crippen LogP contribution in [0.15, 0.2) is 53.4 Å². The number of hydrogen-bond acceptors (Lipinski definition) is 4. The molecule has 3 rings (SSSR count). The molecular weight excluding hydrogens is 376 g/mol. The van der Waals surface area contributed by atoms with Crippen molar-refractivity contribution in [3.8, 4) is 5.75 Å². The third-order valence-electron chi connectivity index (χ3n) is 4.89. The van der Waals surface area contributed by atoms with E-state index in [2.05, 4.69) is 10.0 Å². The Bertz CT molecular complexity index is 887. The average molecular weight is 403 g/mol. The number of carbonyl (C=O) groups is 1. The van der Waals surface area contributed by atoms with Gasteiger partial charge in [0.1, 0.15) is 5.75 Å². The maximum Gasteiger partial charge on any atom is 0.240 e. The third-order valence-corrected chi connectivity index (χ3v) is 6.32. The van der Waals surface area contributed by atoms with Crippen LogP contribution in [0.4, 0.5) is 5.69 Å². The number of benzene rings is 2. The van der Waals surface area contributed by atoms with Gasteiger partial charge in [0.25, 0.3) is 0 Å². The van der Waals surface area contributed by atoms with Crippen molar-refractivity contribution in [3.63, 3.8) is 0 Å². The van der Waals surface area contributed by atoms with E-state index < -0.39 is 10.0 Å². The van der Waals surface area contributed by atoms with Gasteiger partial charge in [-0.1, -0.05) is 12.1 Å². The highest BCUT2D eigenvalue weighted by Crippen LogP contribution is 2.25. The Labute approximate surface area is 166 Å². The zero-order valence-electron chi connectivity index (χ0n) is 16.0. The average Bonchev–Trinajstić information content (AvgIpc) is 3.21. The first-order chi connectivity index (χ1) is 13.5. The molecule has 7 heteroatoms.